The van der Waals surface area contributed by atoms with E-state index in [-0.39, 0.29) is 26.5 Å². The first kappa shape index (κ1) is 26.6. The van der Waals surface area contributed by atoms with Crippen molar-refractivity contribution in [3.05, 3.63) is 44.1 Å². The number of aromatic nitrogens is 1. The Morgan fingerprint density at radius 1 is 1.29 bits per heavy atom. The lowest BCUT2D eigenvalue weighted by Crippen LogP contribution is -2.62. The van der Waals surface area contributed by atoms with Crippen molar-refractivity contribution >= 4 is 62.2 Å². The molecule has 0 spiro atoms. The van der Waals surface area contributed by atoms with Crippen molar-refractivity contribution in [3.8, 4) is 0 Å². The molecule has 2 heterocycles. The first-order chi connectivity index (χ1) is 15.7. The molecule has 2 aromatic rings. The van der Waals surface area contributed by atoms with Crippen molar-refractivity contribution in [2.24, 2.45) is 0 Å². The predicted molar refractivity (Wildman–Crippen MR) is 116 cm³/mol. The number of hydrogen-bond acceptors (Lipinski definition) is 6. The molecule has 1 aliphatic rings. The molecule has 0 bridgehead atoms. The number of benzene rings is 1. The summed E-state index contributed by atoms with van der Waals surface area (Å²) in [6.45, 7) is -0.614. The van der Waals surface area contributed by atoms with Crippen molar-refractivity contribution in [1.82, 2.24) is 19.3 Å². The van der Waals surface area contributed by atoms with E-state index in [0.29, 0.717) is 15.6 Å². The summed E-state index contributed by atoms with van der Waals surface area (Å²) < 4.78 is 79.7. The molecule has 2 atom stereocenters. The molecular weight excluding hydrogens is 549 g/mol. The Labute approximate surface area is 204 Å². The Hall–Kier alpha value is -2.04. The maximum Gasteiger partial charge on any atom is 0.434 e. The molecule has 1 aliphatic heterocycles. The van der Waals surface area contributed by atoms with Gasteiger partial charge in [-0.3, -0.25) is 9.59 Å². The Morgan fingerprint density at radius 3 is 2.59 bits per heavy atom. The van der Waals surface area contributed by atoms with Crippen LogP contribution in [0.3, 0.4) is 0 Å². The fourth-order valence-electron chi connectivity index (χ4n) is 3.04. The minimum atomic E-state index is -4.80. The second kappa shape index (κ2) is 9.91. The number of rotatable bonds is 5. The van der Waals surface area contributed by atoms with Crippen LogP contribution in [-0.4, -0.2) is 48.7 Å². The summed E-state index contributed by atoms with van der Waals surface area (Å²) in [5, 5.41) is 4.32. The molecule has 17 heteroatoms. The maximum atomic E-state index is 13.3. The number of nitrogens with one attached hydrogen (secondary N) is 3. The number of halogens is 6. The van der Waals surface area contributed by atoms with Crippen LogP contribution in [0, 0.1) is 5.82 Å². The molecule has 1 saturated heterocycles. The number of alkyl halides is 3. The largest absolute Gasteiger partial charge is 0.434 e. The molecule has 2 unspecified atom stereocenters. The highest BCUT2D eigenvalue weighted by Crippen LogP contribution is 2.35. The zero-order valence-corrected chi connectivity index (χ0v) is 20.1. The van der Waals surface area contributed by atoms with Crippen molar-refractivity contribution in [2.45, 2.75) is 31.2 Å². The number of hydrogen-bond donors (Lipinski definition) is 3. The van der Waals surface area contributed by atoms with Crippen LogP contribution in [-0.2, 0) is 32.5 Å². The van der Waals surface area contributed by atoms with Crippen LogP contribution >= 0.6 is 34.5 Å². The zero-order chi connectivity index (χ0) is 25.4. The lowest BCUT2D eigenvalue weighted by atomic mass is 10.1. The van der Waals surface area contributed by atoms with E-state index in [2.05, 4.69) is 20.3 Å². The zero-order valence-electron chi connectivity index (χ0n) is 16.9. The van der Waals surface area contributed by atoms with E-state index in [1.54, 1.807) is 0 Å². The van der Waals surface area contributed by atoms with Gasteiger partial charge in [0, 0.05) is 12.7 Å². The maximum absolute atomic E-state index is 13.3. The third kappa shape index (κ3) is 5.95. The Morgan fingerprint density at radius 2 is 1.97 bits per heavy atom. The first-order valence-electron chi connectivity index (χ1n) is 9.20. The number of anilines is 1. The van der Waals surface area contributed by atoms with Crippen LogP contribution in [0.1, 0.15) is 17.0 Å². The van der Waals surface area contributed by atoms with Crippen LogP contribution in [0.25, 0.3) is 0 Å². The molecule has 0 radical (unpaired) electrons. The molecule has 2 amide bonds. The Bertz CT molecular complexity index is 1220. The molecule has 0 saturated carbocycles. The smallest absolute Gasteiger partial charge is 0.350 e. The molecule has 1 aromatic heterocycles. The number of carbonyl (C=O) groups excluding carboxylic acids is 2. The summed E-state index contributed by atoms with van der Waals surface area (Å²) in [4.78, 5) is 28.1. The minimum absolute atomic E-state index is 0.0866. The van der Waals surface area contributed by atoms with Crippen molar-refractivity contribution in [2.75, 3.05) is 12.4 Å². The summed E-state index contributed by atoms with van der Waals surface area (Å²) in [5.41, 5.74) is -1.18. The van der Waals surface area contributed by atoms with Gasteiger partial charge >= 0.3 is 6.18 Å². The minimum Gasteiger partial charge on any atom is -0.350 e. The van der Waals surface area contributed by atoms with E-state index in [4.69, 9.17) is 23.2 Å². The van der Waals surface area contributed by atoms with E-state index in [9.17, 15) is 35.6 Å². The summed E-state index contributed by atoms with van der Waals surface area (Å²) in [7, 11) is -3.20. The second-order valence-electron chi connectivity index (χ2n) is 7.02. The van der Waals surface area contributed by atoms with Gasteiger partial charge in [0.15, 0.2) is 10.2 Å². The molecule has 3 rings (SSSR count). The molecule has 186 valence electrons. The third-order valence-electron chi connectivity index (χ3n) is 4.74. The van der Waals surface area contributed by atoms with Gasteiger partial charge in [0.25, 0.3) is 10.2 Å². The highest BCUT2D eigenvalue weighted by atomic mass is 35.5. The molecule has 34 heavy (non-hydrogen) atoms. The summed E-state index contributed by atoms with van der Waals surface area (Å²) >= 11 is 11.7. The van der Waals surface area contributed by atoms with Crippen molar-refractivity contribution < 1.29 is 35.6 Å². The number of carbonyl (C=O) groups is 2. The van der Waals surface area contributed by atoms with Gasteiger partial charge in [0.2, 0.25) is 11.8 Å². The molecule has 3 N–H and O–H groups in total. The highest BCUT2D eigenvalue weighted by Gasteiger charge is 2.43. The van der Waals surface area contributed by atoms with E-state index in [0.717, 1.165) is 19.2 Å². The van der Waals surface area contributed by atoms with E-state index >= 15 is 0 Å². The quantitative estimate of drug-likeness (QED) is 0.483. The van der Waals surface area contributed by atoms with Gasteiger partial charge in [-0.05, 0) is 24.6 Å². The number of nitrogens with zero attached hydrogens (tertiary/aromatic N) is 2. The monoisotopic (exact) mass is 563 g/mol. The van der Waals surface area contributed by atoms with Gasteiger partial charge in [-0.2, -0.15) is 30.6 Å². The average Bonchev–Trinajstić information content (AvgIpc) is 3.11. The third-order valence-corrected chi connectivity index (χ3v) is 7.78. The molecule has 1 fully saturated rings. The average molecular weight is 564 g/mol. The Kier molecular flexibility index (Phi) is 7.74. The lowest BCUT2D eigenvalue weighted by molar-refractivity contribution is -0.141. The molecular formula is C17H15Cl2F4N5O4S2. The summed E-state index contributed by atoms with van der Waals surface area (Å²) in [6, 6.07) is 0.489. The lowest BCUT2D eigenvalue weighted by Gasteiger charge is -2.35. The van der Waals surface area contributed by atoms with Crippen LogP contribution in [0.5, 0.6) is 0 Å². The van der Waals surface area contributed by atoms with Crippen LogP contribution < -0.4 is 15.4 Å². The molecule has 0 aliphatic carbocycles. The van der Waals surface area contributed by atoms with Crippen LogP contribution in [0.15, 0.2) is 18.2 Å². The van der Waals surface area contributed by atoms with Gasteiger partial charge in [-0.1, -0.05) is 23.2 Å². The van der Waals surface area contributed by atoms with Gasteiger partial charge in [0.05, 0.1) is 16.4 Å². The SMILES string of the molecule is CN1C(C(=O)Nc2ccc(F)c(Cl)c2)CC(C(=O)NCc2sc(Cl)nc2C(F)(F)F)NS1(=O)=O. The van der Waals surface area contributed by atoms with Crippen molar-refractivity contribution in [3.63, 3.8) is 0 Å². The van der Waals surface area contributed by atoms with Crippen molar-refractivity contribution in [1.29, 1.82) is 0 Å². The van der Waals surface area contributed by atoms with Gasteiger partial charge in [-0.15, -0.1) is 11.3 Å². The molecule has 9 nitrogen and oxygen atoms in total. The first-order valence-corrected chi connectivity index (χ1v) is 12.2. The van der Waals surface area contributed by atoms with E-state index < -0.39 is 58.3 Å². The second-order valence-corrected chi connectivity index (χ2v) is 10.9. The molecule has 1 aromatic carbocycles. The summed E-state index contributed by atoms with van der Waals surface area (Å²) in [5.74, 6) is -2.52. The topological polar surface area (TPSA) is 120 Å². The standard InChI is InChI=1S/C17H15Cl2F4N5O4S2/c1-28-11(15(30)25-7-2-3-9(20)8(18)4-7)5-10(27-34(28,31)32)14(29)24-6-12-13(17(21,22)23)26-16(19)33-12/h2-4,10-11,27H,5-6H2,1H3,(H,24,29)(H,25,30). The van der Waals surface area contributed by atoms with Crippen LogP contribution in [0.4, 0.5) is 23.2 Å². The normalized spacial score (nSPS) is 20.7. The van der Waals surface area contributed by atoms with Gasteiger partial charge < -0.3 is 10.6 Å². The summed E-state index contributed by atoms with van der Waals surface area (Å²) in [6.07, 6.45) is -5.15. The Balaban J connectivity index is 1.73. The highest BCUT2D eigenvalue weighted by molar-refractivity contribution is 7.87. The van der Waals surface area contributed by atoms with E-state index in [1.165, 1.54) is 6.07 Å². The van der Waals surface area contributed by atoms with Crippen LogP contribution in [0.2, 0.25) is 9.49 Å². The fourth-order valence-corrected chi connectivity index (χ4v) is 5.57. The predicted octanol–water partition coefficient (Wildman–Crippen LogP) is 2.77. The number of thiazole rings is 1. The van der Waals surface area contributed by atoms with Gasteiger partial charge in [-0.25, -0.2) is 9.37 Å². The fraction of sp³-hybridized carbons (Fsp3) is 0.353. The van der Waals surface area contributed by atoms with E-state index in [1.807, 2.05) is 0 Å². The number of likely N-dealkylation sites (N-methyl/N-ethyl adjacent to an activating group) is 1. The number of amides is 2. The van der Waals surface area contributed by atoms with Gasteiger partial charge in [0.1, 0.15) is 17.9 Å².